The van der Waals surface area contributed by atoms with Crippen LogP contribution in [0.3, 0.4) is 0 Å². The van der Waals surface area contributed by atoms with Crippen LogP contribution in [0, 0.1) is 0 Å². The van der Waals surface area contributed by atoms with Gasteiger partial charge in [-0.2, -0.15) is 0 Å². The molecule has 3 N–H and O–H groups in total. The Morgan fingerprint density at radius 3 is 2.88 bits per heavy atom. The van der Waals surface area contributed by atoms with Crippen LogP contribution < -0.4 is 11.1 Å². The smallest absolute Gasteiger partial charge is 0.106 e. The SMILES string of the molecule is CCC(C)(C)Nc1ccc2scnc2c1N. The van der Waals surface area contributed by atoms with Crippen LogP contribution in [0.25, 0.3) is 10.2 Å². The molecule has 0 amide bonds. The fourth-order valence-corrected chi connectivity index (χ4v) is 2.21. The van der Waals surface area contributed by atoms with Crippen molar-refractivity contribution in [2.75, 3.05) is 11.1 Å². The van der Waals surface area contributed by atoms with Crippen molar-refractivity contribution >= 4 is 32.9 Å². The van der Waals surface area contributed by atoms with Gasteiger partial charge >= 0.3 is 0 Å². The number of hydrogen-bond donors (Lipinski definition) is 2. The zero-order valence-corrected chi connectivity index (χ0v) is 10.7. The molecular weight excluding hydrogens is 218 g/mol. The second kappa shape index (κ2) is 3.94. The molecule has 0 aliphatic heterocycles. The zero-order chi connectivity index (χ0) is 11.8. The third-order valence-corrected chi connectivity index (χ3v) is 3.69. The van der Waals surface area contributed by atoms with Crippen molar-refractivity contribution in [2.24, 2.45) is 0 Å². The van der Waals surface area contributed by atoms with Crippen LogP contribution in [0.2, 0.25) is 0 Å². The molecule has 0 bridgehead atoms. The average Bonchev–Trinajstić information content (AvgIpc) is 2.71. The minimum absolute atomic E-state index is 0.0534. The Bertz CT molecular complexity index is 502. The first kappa shape index (κ1) is 11.2. The van der Waals surface area contributed by atoms with Gasteiger partial charge in [0.25, 0.3) is 0 Å². The summed E-state index contributed by atoms with van der Waals surface area (Å²) in [6.07, 6.45) is 1.04. The highest BCUT2D eigenvalue weighted by Crippen LogP contribution is 2.32. The standard InChI is InChI=1S/C12H17N3S/c1-4-12(2,3)15-8-5-6-9-11(10(8)13)14-7-16-9/h5-7,15H,4,13H2,1-3H3. The molecular formula is C12H17N3S. The van der Waals surface area contributed by atoms with Gasteiger partial charge in [0, 0.05) is 5.54 Å². The third-order valence-electron chi connectivity index (χ3n) is 2.90. The van der Waals surface area contributed by atoms with Crippen LogP contribution >= 0.6 is 11.3 Å². The van der Waals surface area contributed by atoms with Crippen molar-refractivity contribution in [3.63, 3.8) is 0 Å². The van der Waals surface area contributed by atoms with Gasteiger partial charge in [0.15, 0.2) is 0 Å². The highest BCUT2D eigenvalue weighted by Gasteiger charge is 2.16. The summed E-state index contributed by atoms with van der Waals surface area (Å²) in [4.78, 5) is 4.29. The van der Waals surface area contributed by atoms with Crippen molar-refractivity contribution < 1.29 is 0 Å². The lowest BCUT2D eigenvalue weighted by Gasteiger charge is -2.26. The van der Waals surface area contributed by atoms with Crippen LogP contribution in [0.1, 0.15) is 27.2 Å². The summed E-state index contributed by atoms with van der Waals surface area (Å²) in [7, 11) is 0. The molecule has 0 fully saturated rings. The lowest BCUT2D eigenvalue weighted by atomic mass is 10.0. The summed E-state index contributed by atoms with van der Waals surface area (Å²) in [6.45, 7) is 6.49. The summed E-state index contributed by atoms with van der Waals surface area (Å²) in [6, 6.07) is 4.10. The predicted octanol–water partition coefficient (Wildman–Crippen LogP) is 3.48. The molecule has 2 aromatic rings. The molecule has 1 aromatic carbocycles. The van der Waals surface area contributed by atoms with Gasteiger partial charge < -0.3 is 11.1 Å². The number of nitrogens with one attached hydrogen (secondary N) is 1. The van der Waals surface area contributed by atoms with E-state index in [1.54, 1.807) is 11.3 Å². The molecule has 0 radical (unpaired) electrons. The summed E-state index contributed by atoms with van der Waals surface area (Å²) in [5.41, 5.74) is 10.6. The average molecular weight is 235 g/mol. The lowest BCUT2D eigenvalue weighted by molar-refractivity contribution is 0.548. The van der Waals surface area contributed by atoms with Crippen LogP contribution in [-0.2, 0) is 0 Å². The van der Waals surface area contributed by atoms with Crippen molar-refractivity contribution in [1.82, 2.24) is 4.98 Å². The van der Waals surface area contributed by atoms with E-state index in [1.807, 2.05) is 11.6 Å². The van der Waals surface area contributed by atoms with E-state index in [2.05, 4.69) is 37.1 Å². The molecule has 0 saturated heterocycles. The zero-order valence-electron chi connectivity index (χ0n) is 9.87. The van der Waals surface area contributed by atoms with Crippen molar-refractivity contribution in [3.8, 4) is 0 Å². The molecule has 16 heavy (non-hydrogen) atoms. The van der Waals surface area contributed by atoms with Crippen LogP contribution in [0.4, 0.5) is 11.4 Å². The maximum Gasteiger partial charge on any atom is 0.106 e. The lowest BCUT2D eigenvalue weighted by Crippen LogP contribution is -2.30. The second-order valence-corrected chi connectivity index (χ2v) is 5.47. The Balaban J connectivity index is 2.41. The number of nitrogens with zero attached hydrogens (tertiary/aromatic N) is 1. The number of aromatic nitrogens is 1. The summed E-state index contributed by atoms with van der Waals surface area (Å²) in [5.74, 6) is 0. The number of thiazole rings is 1. The van der Waals surface area contributed by atoms with Crippen molar-refractivity contribution in [3.05, 3.63) is 17.6 Å². The Hall–Kier alpha value is -1.29. The van der Waals surface area contributed by atoms with Crippen LogP contribution in [-0.4, -0.2) is 10.5 Å². The molecule has 1 heterocycles. The molecule has 3 nitrogen and oxygen atoms in total. The number of anilines is 2. The quantitative estimate of drug-likeness (QED) is 0.801. The molecule has 86 valence electrons. The summed E-state index contributed by atoms with van der Waals surface area (Å²) < 4.78 is 1.14. The summed E-state index contributed by atoms with van der Waals surface area (Å²) >= 11 is 1.62. The number of nitrogen functional groups attached to an aromatic ring is 1. The third kappa shape index (κ3) is 1.97. The fourth-order valence-electron chi connectivity index (χ4n) is 1.51. The number of nitrogens with two attached hydrogens (primary N) is 1. The number of benzene rings is 1. The molecule has 0 atom stereocenters. The molecule has 0 spiro atoms. The van der Waals surface area contributed by atoms with E-state index in [1.165, 1.54) is 0 Å². The molecule has 0 saturated carbocycles. The molecule has 0 unspecified atom stereocenters. The molecule has 2 rings (SSSR count). The number of hydrogen-bond acceptors (Lipinski definition) is 4. The second-order valence-electron chi connectivity index (χ2n) is 4.59. The Morgan fingerprint density at radius 1 is 1.44 bits per heavy atom. The Morgan fingerprint density at radius 2 is 2.19 bits per heavy atom. The Labute approximate surface area is 99.7 Å². The molecule has 4 heteroatoms. The van der Waals surface area contributed by atoms with Crippen molar-refractivity contribution in [2.45, 2.75) is 32.7 Å². The van der Waals surface area contributed by atoms with Gasteiger partial charge in [-0.05, 0) is 32.4 Å². The monoisotopic (exact) mass is 235 g/mol. The van der Waals surface area contributed by atoms with Gasteiger partial charge in [0.1, 0.15) is 5.52 Å². The van der Waals surface area contributed by atoms with E-state index in [-0.39, 0.29) is 5.54 Å². The van der Waals surface area contributed by atoms with Crippen LogP contribution in [0.5, 0.6) is 0 Å². The van der Waals surface area contributed by atoms with Gasteiger partial charge in [0.2, 0.25) is 0 Å². The first-order valence-corrected chi connectivity index (χ1v) is 6.31. The first-order valence-electron chi connectivity index (χ1n) is 5.43. The molecule has 0 aliphatic carbocycles. The van der Waals surface area contributed by atoms with E-state index in [9.17, 15) is 0 Å². The molecule has 1 aromatic heterocycles. The van der Waals surface area contributed by atoms with E-state index < -0.39 is 0 Å². The number of rotatable bonds is 3. The van der Waals surface area contributed by atoms with E-state index in [0.29, 0.717) is 0 Å². The highest BCUT2D eigenvalue weighted by atomic mass is 32.1. The normalized spacial score (nSPS) is 11.9. The van der Waals surface area contributed by atoms with E-state index in [4.69, 9.17) is 5.73 Å². The maximum absolute atomic E-state index is 6.11. The van der Waals surface area contributed by atoms with Gasteiger partial charge in [-0.15, -0.1) is 11.3 Å². The van der Waals surface area contributed by atoms with E-state index >= 15 is 0 Å². The maximum atomic E-state index is 6.11. The highest BCUT2D eigenvalue weighted by molar-refractivity contribution is 7.16. The van der Waals surface area contributed by atoms with Gasteiger partial charge in [0.05, 0.1) is 21.6 Å². The van der Waals surface area contributed by atoms with Crippen LogP contribution in [0.15, 0.2) is 17.6 Å². The minimum atomic E-state index is 0.0534. The van der Waals surface area contributed by atoms with Gasteiger partial charge in [-0.3, -0.25) is 0 Å². The van der Waals surface area contributed by atoms with Crippen molar-refractivity contribution in [1.29, 1.82) is 0 Å². The Kier molecular flexibility index (Phi) is 2.76. The summed E-state index contributed by atoms with van der Waals surface area (Å²) in [5, 5.41) is 3.46. The largest absolute Gasteiger partial charge is 0.395 e. The van der Waals surface area contributed by atoms with E-state index in [0.717, 1.165) is 28.0 Å². The fraction of sp³-hybridized carbons (Fsp3) is 0.417. The topological polar surface area (TPSA) is 50.9 Å². The number of fused-ring (bicyclic) bond motifs is 1. The van der Waals surface area contributed by atoms with Gasteiger partial charge in [-0.1, -0.05) is 6.92 Å². The molecule has 0 aliphatic rings. The minimum Gasteiger partial charge on any atom is -0.395 e. The van der Waals surface area contributed by atoms with Gasteiger partial charge in [-0.25, -0.2) is 4.98 Å². The predicted molar refractivity (Wildman–Crippen MR) is 72.0 cm³/mol. The first-order chi connectivity index (χ1) is 7.53.